The van der Waals surface area contributed by atoms with Crippen LogP contribution in [0, 0.1) is 0 Å². The first-order valence-corrected chi connectivity index (χ1v) is 11.2. The third-order valence-corrected chi connectivity index (χ3v) is 5.80. The lowest BCUT2D eigenvalue weighted by Gasteiger charge is -2.07. The van der Waals surface area contributed by atoms with E-state index in [4.69, 9.17) is 9.57 Å². The molecule has 0 saturated heterocycles. The van der Waals surface area contributed by atoms with Crippen molar-refractivity contribution in [3.05, 3.63) is 98.7 Å². The van der Waals surface area contributed by atoms with Crippen LogP contribution in [0.5, 0.6) is 11.6 Å². The molecule has 0 aliphatic carbocycles. The van der Waals surface area contributed by atoms with E-state index < -0.39 is 0 Å². The van der Waals surface area contributed by atoms with Gasteiger partial charge in [0.25, 0.3) is 0 Å². The van der Waals surface area contributed by atoms with E-state index in [-0.39, 0.29) is 10.8 Å². The number of aromatic nitrogens is 2. The Bertz CT molecular complexity index is 1260. The first-order chi connectivity index (χ1) is 16.1. The molecule has 2 N–H and O–H groups in total. The number of H-pyrrole nitrogens is 1. The van der Waals surface area contributed by atoms with Crippen LogP contribution in [0.15, 0.2) is 83.0 Å². The Morgan fingerprint density at radius 2 is 1.85 bits per heavy atom. The molecule has 0 atom stereocenters. The minimum atomic E-state index is -0.262. The summed E-state index contributed by atoms with van der Waals surface area (Å²) < 4.78 is 5.69. The van der Waals surface area contributed by atoms with Crippen LogP contribution < -0.4 is 9.61 Å². The zero-order chi connectivity index (χ0) is 23.0. The molecule has 33 heavy (non-hydrogen) atoms. The van der Waals surface area contributed by atoms with Gasteiger partial charge in [0.15, 0.2) is 6.61 Å². The largest absolute Gasteiger partial charge is 0.494 e. The number of rotatable bonds is 9. The lowest BCUT2D eigenvalue weighted by molar-refractivity contribution is 0.107. The van der Waals surface area contributed by atoms with Crippen LogP contribution in [0.4, 0.5) is 0 Å². The smallest absolute Gasteiger partial charge is 0.307 e. The number of aromatic hydroxyl groups is 1. The van der Waals surface area contributed by atoms with E-state index in [2.05, 4.69) is 15.1 Å². The maximum Gasteiger partial charge on any atom is 0.307 e. The molecule has 0 saturated carbocycles. The summed E-state index contributed by atoms with van der Waals surface area (Å²) in [5.74, 6) is 0.642. The monoisotopic (exact) mass is 461 g/mol. The maximum atomic E-state index is 11.3. The molecule has 0 amide bonds. The van der Waals surface area contributed by atoms with Crippen molar-refractivity contribution in [1.82, 2.24) is 9.97 Å². The van der Waals surface area contributed by atoms with Gasteiger partial charge in [0.1, 0.15) is 12.4 Å². The molecule has 0 bridgehead atoms. The van der Waals surface area contributed by atoms with Gasteiger partial charge in [0, 0.05) is 18.8 Å². The van der Waals surface area contributed by atoms with Gasteiger partial charge in [-0.1, -0.05) is 59.0 Å². The summed E-state index contributed by atoms with van der Waals surface area (Å²) in [5, 5.41) is 13.9. The summed E-state index contributed by atoms with van der Waals surface area (Å²) >= 11 is 1.01. The molecule has 0 radical (unpaired) electrons. The average molecular weight is 462 g/mol. The van der Waals surface area contributed by atoms with Gasteiger partial charge in [-0.2, -0.15) is 0 Å². The molecule has 0 spiro atoms. The highest BCUT2D eigenvalue weighted by molar-refractivity contribution is 7.09. The number of nitrogens with zero attached hydrogens (tertiary/aromatic N) is 2. The second-order valence-electron chi connectivity index (χ2n) is 7.28. The van der Waals surface area contributed by atoms with E-state index in [0.29, 0.717) is 30.3 Å². The number of hydrogen-bond acceptors (Lipinski definition) is 7. The SMILES string of the molecule is C/C(=N\OCCOc1ccc(Cc2sc(=O)[nH]c2O)cc1)c1ccc(-c2cccnc2)cc1. The standard InChI is InChI=1S/C25H23N3O4S/c1-17(19-6-8-20(9-7-19)21-3-2-12-26-16-21)28-32-14-13-31-22-10-4-18(5-11-22)15-23-24(29)27-25(30)33-23/h2-12,16,29H,13-15H2,1H3,(H,27,30)/b28-17+. The number of benzene rings is 2. The van der Waals surface area contributed by atoms with Crippen LogP contribution >= 0.6 is 11.3 Å². The van der Waals surface area contributed by atoms with Crippen molar-refractivity contribution in [3.8, 4) is 22.8 Å². The van der Waals surface area contributed by atoms with Crippen LogP contribution in [0.1, 0.15) is 22.9 Å². The van der Waals surface area contributed by atoms with E-state index in [1.54, 1.807) is 6.20 Å². The quantitative estimate of drug-likeness (QED) is 0.215. The third-order valence-electron chi connectivity index (χ3n) is 4.93. The summed E-state index contributed by atoms with van der Waals surface area (Å²) in [6.45, 7) is 2.58. The molecular formula is C25H23N3O4S. The van der Waals surface area contributed by atoms with Crippen molar-refractivity contribution < 1.29 is 14.7 Å². The molecule has 0 fully saturated rings. The number of thiazole rings is 1. The first kappa shape index (κ1) is 22.3. The van der Waals surface area contributed by atoms with E-state index in [9.17, 15) is 9.90 Å². The van der Waals surface area contributed by atoms with Crippen LogP contribution in [-0.4, -0.2) is 34.0 Å². The number of nitrogens with one attached hydrogen (secondary N) is 1. The summed E-state index contributed by atoms with van der Waals surface area (Å²) in [7, 11) is 0. The predicted octanol–water partition coefficient (Wildman–Crippen LogP) is 4.61. The van der Waals surface area contributed by atoms with E-state index in [0.717, 1.165) is 39.3 Å². The number of aromatic amines is 1. The van der Waals surface area contributed by atoms with Crippen molar-refractivity contribution in [1.29, 1.82) is 0 Å². The normalized spacial score (nSPS) is 11.4. The lowest BCUT2D eigenvalue weighted by Crippen LogP contribution is -2.05. The minimum Gasteiger partial charge on any atom is -0.494 e. The average Bonchev–Trinajstić information content (AvgIpc) is 3.16. The fraction of sp³-hybridized carbons (Fsp3) is 0.160. The molecule has 8 heteroatoms. The Balaban J connectivity index is 1.22. The molecule has 0 aliphatic heterocycles. The summed E-state index contributed by atoms with van der Waals surface area (Å²) in [4.78, 5) is 23.5. The zero-order valence-electron chi connectivity index (χ0n) is 18.0. The van der Waals surface area contributed by atoms with Crippen molar-refractivity contribution >= 4 is 17.0 Å². The Morgan fingerprint density at radius 3 is 2.52 bits per heavy atom. The summed E-state index contributed by atoms with van der Waals surface area (Å²) in [5.41, 5.74) is 4.91. The molecule has 4 rings (SSSR count). The summed E-state index contributed by atoms with van der Waals surface area (Å²) in [6.07, 6.45) is 4.08. The van der Waals surface area contributed by atoms with Crippen molar-refractivity contribution in [3.63, 3.8) is 0 Å². The zero-order valence-corrected chi connectivity index (χ0v) is 18.8. The summed E-state index contributed by atoms with van der Waals surface area (Å²) in [6, 6.07) is 19.5. The molecule has 0 unspecified atom stereocenters. The second-order valence-corrected chi connectivity index (χ2v) is 8.35. The predicted molar refractivity (Wildman–Crippen MR) is 129 cm³/mol. The number of ether oxygens (including phenoxy) is 1. The number of hydrogen-bond donors (Lipinski definition) is 2. The Morgan fingerprint density at radius 1 is 1.06 bits per heavy atom. The number of oxime groups is 1. The molecule has 2 aromatic heterocycles. The minimum absolute atomic E-state index is 0.0669. The third kappa shape index (κ3) is 6.08. The fourth-order valence-corrected chi connectivity index (χ4v) is 3.95. The van der Waals surface area contributed by atoms with Crippen molar-refractivity contribution in [2.75, 3.05) is 13.2 Å². The van der Waals surface area contributed by atoms with Crippen molar-refractivity contribution in [2.24, 2.45) is 5.16 Å². The van der Waals surface area contributed by atoms with E-state index in [1.807, 2.05) is 73.8 Å². The molecule has 7 nitrogen and oxygen atoms in total. The Hall–Kier alpha value is -3.91. The maximum absolute atomic E-state index is 11.3. The molecule has 2 heterocycles. The highest BCUT2D eigenvalue weighted by Gasteiger charge is 2.08. The van der Waals surface area contributed by atoms with Crippen molar-refractivity contribution in [2.45, 2.75) is 13.3 Å². The Labute approximate surface area is 195 Å². The molecule has 2 aromatic carbocycles. The van der Waals surface area contributed by atoms with Gasteiger partial charge in [-0.05, 0) is 47.4 Å². The lowest BCUT2D eigenvalue weighted by atomic mass is 10.0. The first-order valence-electron chi connectivity index (χ1n) is 10.4. The topological polar surface area (TPSA) is 96.8 Å². The second kappa shape index (κ2) is 10.6. The van der Waals surface area contributed by atoms with Gasteiger partial charge < -0.3 is 14.7 Å². The van der Waals surface area contributed by atoms with Crippen LogP contribution in [-0.2, 0) is 11.3 Å². The Kier molecular flexibility index (Phi) is 7.16. The van der Waals surface area contributed by atoms with Gasteiger partial charge in [-0.25, -0.2) is 0 Å². The highest BCUT2D eigenvalue weighted by Crippen LogP contribution is 2.22. The molecule has 168 valence electrons. The molecule has 0 aliphatic rings. The van der Waals surface area contributed by atoms with Crippen LogP contribution in [0.25, 0.3) is 11.1 Å². The number of pyridine rings is 1. The molecule has 4 aromatic rings. The highest BCUT2D eigenvalue weighted by atomic mass is 32.1. The van der Waals surface area contributed by atoms with Gasteiger partial charge >= 0.3 is 4.87 Å². The fourth-order valence-electron chi connectivity index (χ4n) is 3.19. The van der Waals surface area contributed by atoms with E-state index >= 15 is 0 Å². The van der Waals surface area contributed by atoms with Gasteiger partial charge in [-0.15, -0.1) is 0 Å². The van der Waals surface area contributed by atoms with Gasteiger partial charge in [0.2, 0.25) is 5.88 Å². The van der Waals surface area contributed by atoms with Gasteiger partial charge in [-0.3, -0.25) is 14.8 Å². The van der Waals surface area contributed by atoms with Crippen LogP contribution in [0.2, 0.25) is 0 Å². The van der Waals surface area contributed by atoms with E-state index in [1.165, 1.54) is 0 Å². The molecular weight excluding hydrogens is 438 g/mol. The van der Waals surface area contributed by atoms with Crippen LogP contribution in [0.3, 0.4) is 0 Å². The van der Waals surface area contributed by atoms with Gasteiger partial charge in [0.05, 0.1) is 10.6 Å².